The number of ether oxygens (including phenoxy) is 8. The van der Waals surface area contributed by atoms with E-state index in [-0.39, 0.29) is 103 Å². The Morgan fingerprint density at radius 2 is 0.645 bits per heavy atom. The Morgan fingerprint density at radius 3 is 1.04 bits per heavy atom. The summed E-state index contributed by atoms with van der Waals surface area (Å²) in [5.74, 6) is 7.61. The molecule has 2 radical (unpaired) electrons. The number of aliphatic hydroxyl groups is 1. The average Bonchev–Trinajstić information content (AvgIpc) is 0.795. The molecule has 0 amide bonds. The molecule has 0 atom stereocenters. The molecule has 0 aromatic heterocycles. The molecule has 107 heavy (non-hydrogen) atoms. The van der Waals surface area contributed by atoms with E-state index in [1.807, 2.05) is 152 Å². The first-order chi connectivity index (χ1) is 49.6. The SMILES string of the molecule is C=CCc1cc(C(C)(C)c2ccc(OC)c(CC=C)c2)ccc1O.CO.COc1ccc(C(C)(C)c2ccc(C)cc2)cc1.COc1ccc(C)cc1.COc1ccc(Cc2ccc(O)cc2)cc1.COc1cccc(O)c1.COc1ccccc1.COc1ccccc1.COc1ccccc1O.[CH3-].[CH3-].[Y].[Y]. The van der Waals surface area contributed by atoms with Crippen molar-refractivity contribution in [2.75, 3.05) is 64.0 Å². The maximum atomic E-state index is 10.0. The summed E-state index contributed by atoms with van der Waals surface area (Å²) in [6.07, 6.45) is 5.98. The molecule has 0 aliphatic heterocycles. The molecule has 0 spiro atoms. The van der Waals surface area contributed by atoms with Crippen LogP contribution in [0.3, 0.4) is 0 Å². The average molecular weight is 1600 g/mol. The number of phenolic OH excluding ortho intramolecular Hbond substituents is 4. The molecule has 11 aromatic rings. The third-order valence-corrected chi connectivity index (χ3v) is 16.0. The van der Waals surface area contributed by atoms with Crippen LogP contribution in [0.4, 0.5) is 0 Å². The van der Waals surface area contributed by atoms with Crippen LogP contribution in [0.15, 0.2) is 292 Å². The second-order valence-electron chi connectivity index (χ2n) is 23.8. The van der Waals surface area contributed by atoms with Gasteiger partial charge < -0.3 is 78.3 Å². The summed E-state index contributed by atoms with van der Waals surface area (Å²) in [5.41, 5.74) is 11.8. The number of hydrogen-bond donors (Lipinski definition) is 5. The number of para-hydroxylation sites is 4. The van der Waals surface area contributed by atoms with E-state index in [0.717, 1.165) is 71.1 Å². The van der Waals surface area contributed by atoms with Crippen molar-refractivity contribution >= 4 is 0 Å². The number of rotatable bonds is 18. The largest absolute Gasteiger partial charge is 0.508 e. The second-order valence-corrected chi connectivity index (χ2v) is 23.8. The molecule has 0 saturated carbocycles. The molecule has 11 rings (SSSR count). The summed E-state index contributed by atoms with van der Waals surface area (Å²) < 4.78 is 40.2. The summed E-state index contributed by atoms with van der Waals surface area (Å²) in [7, 11) is 14.1. The molecule has 566 valence electrons. The smallest absolute Gasteiger partial charge is 0.160 e. The molecule has 0 bridgehead atoms. The number of hydrogen-bond acceptors (Lipinski definition) is 13. The topological polar surface area (TPSA) is 175 Å². The van der Waals surface area contributed by atoms with Crippen LogP contribution >= 0.6 is 0 Å². The van der Waals surface area contributed by atoms with Crippen LogP contribution in [0, 0.1) is 28.7 Å². The Balaban J connectivity index is 0. The van der Waals surface area contributed by atoms with E-state index in [9.17, 15) is 10.2 Å². The van der Waals surface area contributed by atoms with Crippen LogP contribution in [0.2, 0.25) is 0 Å². The number of allylic oxidation sites excluding steroid dienone is 2. The zero-order valence-corrected chi connectivity index (χ0v) is 71.4. The van der Waals surface area contributed by atoms with E-state index in [2.05, 4.69) is 109 Å². The number of methoxy groups -OCH3 is 8. The number of aliphatic hydroxyl groups excluding tert-OH is 1. The van der Waals surface area contributed by atoms with E-state index in [1.165, 1.54) is 46.1 Å². The monoisotopic (exact) mass is 1600 g/mol. The molecule has 0 aliphatic carbocycles. The minimum absolute atomic E-state index is 0. The third-order valence-electron chi connectivity index (χ3n) is 16.0. The van der Waals surface area contributed by atoms with Gasteiger partial charge in [-0.1, -0.05) is 203 Å². The van der Waals surface area contributed by atoms with Gasteiger partial charge in [-0.2, -0.15) is 0 Å². The molecular formula is C92H112O13Y2-2. The maximum absolute atomic E-state index is 10.0. The minimum Gasteiger partial charge on any atom is -0.508 e. The molecule has 13 nitrogen and oxygen atoms in total. The van der Waals surface area contributed by atoms with Gasteiger partial charge in [-0.3, -0.25) is 0 Å². The normalized spacial score (nSPS) is 9.53. The first-order valence-corrected chi connectivity index (χ1v) is 33.3. The molecule has 5 N–H and O–H groups in total. The van der Waals surface area contributed by atoms with Gasteiger partial charge >= 0.3 is 0 Å². The van der Waals surface area contributed by atoms with Gasteiger partial charge in [0.1, 0.15) is 57.5 Å². The minimum atomic E-state index is -0.189. The van der Waals surface area contributed by atoms with E-state index < -0.39 is 0 Å². The maximum Gasteiger partial charge on any atom is 0.160 e. The second kappa shape index (κ2) is 56.0. The van der Waals surface area contributed by atoms with Crippen molar-refractivity contribution in [3.05, 3.63) is 363 Å². The quantitative estimate of drug-likeness (QED) is 0.0406. The first kappa shape index (κ1) is 99.7. The molecule has 0 unspecified atom stereocenters. The summed E-state index contributed by atoms with van der Waals surface area (Å²) in [6, 6.07) is 85.3. The number of aryl methyl sites for hydroxylation is 2. The summed E-state index contributed by atoms with van der Waals surface area (Å²) in [5, 5.41) is 44.0. The Hall–Kier alpha value is -9.33. The standard InChI is InChI=1S/C22H26O2.C17H20O.C14H14O2.C8H10O.2C7H8O2.2C7H8O.CH4O.2CH3.2Y/c1-6-8-16-14-18(10-12-20(16)23)22(3,4)19-11-13-21(24-5)17(15-19)9-7-2;1-13-5-7-14(8-6-13)17(2,3)15-9-11-16(18-4)12-10-15;1-16-14-8-4-12(5-9-14)10-11-2-6-13(15)7-3-11;1-7-3-5-8(9-2)6-4-7;1-9-7-4-2-3-6(8)5-7;1-9-7-5-3-2-4-6(7)8;2*1-8-7-5-3-2-4-6-7;1-2;;;;/h6-7,10-15,23H,1-2,8-9H2,3-5H3;5-12H,1-4H3;2-9,15H,10H2,1H3;3-6H,1-2H3;2*2-5,8H,1H3;2*2-6H,1H3;2H,1H3;2*1H3;;/q;;;;;;;;;2*-1;;. The van der Waals surface area contributed by atoms with Gasteiger partial charge in [0.15, 0.2) is 11.5 Å². The van der Waals surface area contributed by atoms with Crippen LogP contribution in [0.25, 0.3) is 0 Å². The van der Waals surface area contributed by atoms with Crippen LogP contribution in [-0.4, -0.2) is 89.5 Å². The zero-order chi connectivity index (χ0) is 76.0. The van der Waals surface area contributed by atoms with Crippen LogP contribution < -0.4 is 37.9 Å². The Kier molecular flexibility index (Phi) is 52.2. The summed E-state index contributed by atoms with van der Waals surface area (Å²) in [6.45, 7) is 20.6. The molecule has 0 aliphatic rings. The van der Waals surface area contributed by atoms with Crippen molar-refractivity contribution in [1.29, 1.82) is 0 Å². The molecule has 0 fully saturated rings. The van der Waals surface area contributed by atoms with E-state index in [1.54, 1.807) is 123 Å². The Labute approximate surface area is 690 Å². The van der Waals surface area contributed by atoms with Crippen molar-refractivity contribution in [1.82, 2.24) is 0 Å². The van der Waals surface area contributed by atoms with Gasteiger partial charge in [0, 0.05) is 89.4 Å². The number of phenols is 4. The van der Waals surface area contributed by atoms with Gasteiger partial charge in [-0.05, 0) is 187 Å². The van der Waals surface area contributed by atoms with Crippen LogP contribution in [-0.2, 0) is 95.5 Å². The molecular weight excluding hydrogens is 1490 g/mol. The molecule has 15 heteroatoms. The number of aromatic hydroxyl groups is 4. The molecule has 0 saturated heterocycles. The molecule has 0 heterocycles. The van der Waals surface area contributed by atoms with Crippen molar-refractivity contribution in [3.8, 4) is 69.0 Å². The van der Waals surface area contributed by atoms with Crippen molar-refractivity contribution in [2.45, 2.75) is 71.6 Å². The van der Waals surface area contributed by atoms with Crippen molar-refractivity contribution in [2.24, 2.45) is 0 Å². The Morgan fingerprint density at radius 1 is 0.308 bits per heavy atom. The van der Waals surface area contributed by atoms with Gasteiger partial charge in [0.2, 0.25) is 0 Å². The van der Waals surface area contributed by atoms with E-state index in [4.69, 9.17) is 53.2 Å². The fraction of sp³-hybridized carbons (Fsp3) is 0.217. The third kappa shape index (κ3) is 36.7. The van der Waals surface area contributed by atoms with Crippen LogP contribution in [0.1, 0.15) is 83.3 Å². The number of benzene rings is 11. The zero-order valence-electron chi connectivity index (χ0n) is 65.8. The fourth-order valence-electron chi connectivity index (χ4n) is 9.71. The predicted octanol–water partition coefficient (Wildman–Crippen LogP) is 21.2. The van der Waals surface area contributed by atoms with Crippen molar-refractivity contribution < 1.29 is 129 Å². The first-order valence-electron chi connectivity index (χ1n) is 33.3. The summed E-state index contributed by atoms with van der Waals surface area (Å²) in [4.78, 5) is 0. The Bertz CT molecular complexity index is 4060. The van der Waals surface area contributed by atoms with E-state index in [0.29, 0.717) is 29.4 Å². The van der Waals surface area contributed by atoms with Gasteiger partial charge in [-0.25, -0.2) is 0 Å². The fourth-order valence-corrected chi connectivity index (χ4v) is 9.71. The van der Waals surface area contributed by atoms with Crippen molar-refractivity contribution in [3.63, 3.8) is 0 Å². The van der Waals surface area contributed by atoms with Gasteiger partial charge in [-0.15, -0.1) is 13.2 Å². The van der Waals surface area contributed by atoms with Gasteiger partial charge in [0.25, 0.3) is 0 Å². The summed E-state index contributed by atoms with van der Waals surface area (Å²) >= 11 is 0. The molecule has 11 aromatic carbocycles. The van der Waals surface area contributed by atoms with Gasteiger partial charge in [0.05, 0.1) is 56.9 Å². The van der Waals surface area contributed by atoms with Crippen LogP contribution in [0.5, 0.6) is 69.0 Å². The van der Waals surface area contributed by atoms with E-state index >= 15 is 0 Å². The predicted molar refractivity (Wildman–Crippen MR) is 435 cm³/mol.